The van der Waals surface area contributed by atoms with Crippen LogP contribution in [0.2, 0.25) is 0 Å². The summed E-state index contributed by atoms with van der Waals surface area (Å²) in [5.74, 6) is 0.618. The molecule has 2 aromatic carbocycles. The first-order valence-electron chi connectivity index (χ1n) is 6.52. The molecule has 4 nitrogen and oxygen atoms in total. The summed E-state index contributed by atoms with van der Waals surface area (Å²) in [4.78, 5) is 0. The number of benzene rings is 2. The molecular formula is C16H20N2O2. The number of nitrogens with one attached hydrogen (secondary N) is 1. The van der Waals surface area contributed by atoms with Crippen molar-refractivity contribution in [3.8, 4) is 5.75 Å². The van der Waals surface area contributed by atoms with Crippen molar-refractivity contribution in [3.63, 3.8) is 0 Å². The lowest BCUT2D eigenvalue weighted by molar-refractivity contribution is 0.191. The molecule has 0 aliphatic rings. The first-order valence-corrected chi connectivity index (χ1v) is 6.52. The van der Waals surface area contributed by atoms with Gasteiger partial charge in [0, 0.05) is 12.2 Å². The van der Waals surface area contributed by atoms with Crippen molar-refractivity contribution in [1.82, 2.24) is 0 Å². The second-order valence-electron chi connectivity index (χ2n) is 4.76. The van der Waals surface area contributed by atoms with Crippen molar-refractivity contribution in [1.29, 1.82) is 0 Å². The number of nitrogen functional groups attached to an aromatic ring is 1. The van der Waals surface area contributed by atoms with E-state index in [4.69, 9.17) is 10.5 Å². The average Bonchev–Trinajstić information content (AvgIpc) is 2.46. The van der Waals surface area contributed by atoms with Crippen LogP contribution in [0.15, 0.2) is 42.5 Å². The molecule has 0 radical (unpaired) electrons. The smallest absolute Gasteiger partial charge is 0.141 e. The van der Waals surface area contributed by atoms with E-state index in [2.05, 4.69) is 5.32 Å². The molecule has 1 unspecified atom stereocenters. The summed E-state index contributed by atoms with van der Waals surface area (Å²) in [6.45, 7) is 2.47. The van der Waals surface area contributed by atoms with Gasteiger partial charge in [-0.25, -0.2) is 0 Å². The molecule has 106 valence electrons. The van der Waals surface area contributed by atoms with Gasteiger partial charge in [0.05, 0.1) is 18.9 Å². The zero-order chi connectivity index (χ0) is 14.5. The molecule has 0 heterocycles. The second-order valence-corrected chi connectivity index (χ2v) is 4.76. The van der Waals surface area contributed by atoms with Gasteiger partial charge in [0.2, 0.25) is 0 Å². The van der Waals surface area contributed by atoms with Gasteiger partial charge >= 0.3 is 0 Å². The van der Waals surface area contributed by atoms with Crippen LogP contribution in [0.25, 0.3) is 0 Å². The Morgan fingerprint density at radius 3 is 2.50 bits per heavy atom. The second kappa shape index (κ2) is 6.30. The largest absolute Gasteiger partial charge is 0.495 e. The average molecular weight is 272 g/mol. The van der Waals surface area contributed by atoms with Crippen LogP contribution < -0.4 is 15.8 Å². The number of anilines is 2. The van der Waals surface area contributed by atoms with Crippen molar-refractivity contribution in [2.75, 3.05) is 24.7 Å². The molecule has 0 spiro atoms. The van der Waals surface area contributed by atoms with Crippen LogP contribution in [-0.4, -0.2) is 18.8 Å². The highest BCUT2D eigenvalue weighted by Gasteiger charge is 2.09. The fourth-order valence-electron chi connectivity index (χ4n) is 1.96. The third-order valence-corrected chi connectivity index (χ3v) is 3.19. The number of methoxy groups -OCH3 is 1. The van der Waals surface area contributed by atoms with Crippen molar-refractivity contribution >= 4 is 11.4 Å². The maximum absolute atomic E-state index is 10.2. The summed E-state index contributed by atoms with van der Waals surface area (Å²) in [6, 6.07) is 13.4. The molecule has 0 saturated carbocycles. The molecule has 0 amide bonds. The van der Waals surface area contributed by atoms with E-state index in [-0.39, 0.29) is 0 Å². The van der Waals surface area contributed by atoms with E-state index in [0.29, 0.717) is 18.0 Å². The molecule has 1 atom stereocenters. The van der Waals surface area contributed by atoms with Crippen LogP contribution in [0.1, 0.15) is 17.2 Å². The number of aryl methyl sites for hydroxylation is 1. The molecule has 0 fully saturated rings. The van der Waals surface area contributed by atoms with E-state index in [9.17, 15) is 5.11 Å². The van der Waals surface area contributed by atoms with E-state index in [1.54, 1.807) is 19.2 Å². The highest BCUT2D eigenvalue weighted by atomic mass is 16.5. The standard InChI is InChI=1S/C16H20N2O2/c1-11-3-6-13(7-4-11)18-10-15(19)12-5-8-16(20-2)14(17)9-12/h3-9,15,18-19H,10,17H2,1-2H3. The SMILES string of the molecule is COc1ccc(C(O)CNc2ccc(C)cc2)cc1N. The Bertz CT molecular complexity index is 567. The van der Waals surface area contributed by atoms with Gasteiger partial charge in [-0.1, -0.05) is 23.8 Å². The third kappa shape index (κ3) is 3.42. The van der Waals surface area contributed by atoms with Crippen LogP contribution in [0.5, 0.6) is 5.75 Å². The summed E-state index contributed by atoms with van der Waals surface area (Å²) < 4.78 is 5.10. The number of nitrogens with two attached hydrogens (primary N) is 1. The number of ether oxygens (including phenoxy) is 1. The molecule has 0 bridgehead atoms. The van der Waals surface area contributed by atoms with Gasteiger partial charge in [0.25, 0.3) is 0 Å². The zero-order valence-electron chi connectivity index (χ0n) is 11.8. The molecule has 20 heavy (non-hydrogen) atoms. The lowest BCUT2D eigenvalue weighted by Crippen LogP contribution is -2.12. The van der Waals surface area contributed by atoms with E-state index >= 15 is 0 Å². The molecule has 2 aromatic rings. The maximum Gasteiger partial charge on any atom is 0.141 e. The van der Waals surface area contributed by atoms with Crippen molar-refractivity contribution in [3.05, 3.63) is 53.6 Å². The number of aliphatic hydroxyl groups is 1. The minimum atomic E-state index is -0.621. The van der Waals surface area contributed by atoms with Crippen molar-refractivity contribution < 1.29 is 9.84 Å². The van der Waals surface area contributed by atoms with Gasteiger partial charge < -0.3 is 20.9 Å². The molecule has 0 saturated heterocycles. The Morgan fingerprint density at radius 1 is 1.20 bits per heavy atom. The fraction of sp³-hybridized carbons (Fsp3) is 0.250. The fourth-order valence-corrected chi connectivity index (χ4v) is 1.96. The van der Waals surface area contributed by atoms with E-state index in [1.807, 2.05) is 37.3 Å². The summed E-state index contributed by atoms with van der Waals surface area (Å²) in [5, 5.41) is 13.4. The van der Waals surface area contributed by atoms with Crippen LogP contribution in [0.3, 0.4) is 0 Å². The molecule has 0 aliphatic carbocycles. The molecular weight excluding hydrogens is 252 g/mol. The van der Waals surface area contributed by atoms with Crippen LogP contribution in [-0.2, 0) is 0 Å². The van der Waals surface area contributed by atoms with Gasteiger partial charge in [0.15, 0.2) is 0 Å². The van der Waals surface area contributed by atoms with E-state index in [0.717, 1.165) is 11.3 Å². The van der Waals surface area contributed by atoms with Gasteiger partial charge in [-0.05, 0) is 36.8 Å². The number of hydrogen-bond donors (Lipinski definition) is 3. The van der Waals surface area contributed by atoms with Gasteiger partial charge in [-0.3, -0.25) is 0 Å². The summed E-state index contributed by atoms with van der Waals surface area (Å²) in [5.41, 5.74) is 9.32. The van der Waals surface area contributed by atoms with E-state index < -0.39 is 6.10 Å². The number of hydrogen-bond acceptors (Lipinski definition) is 4. The quantitative estimate of drug-likeness (QED) is 0.732. The summed E-state index contributed by atoms with van der Waals surface area (Å²) in [6.07, 6.45) is -0.621. The lowest BCUT2D eigenvalue weighted by Gasteiger charge is -2.15. The number of rotatable bonds is 5. The first kappa shape index (κ1) is 14.2. The van der Waals surface area contributed by atoms with E-state index in [1.165, 1.54) is 5.56 Å². The zero-order valence-corrected chi connectivity index (χ0v) is 11.8. The molecule has 0 aromatic heterocycles. The predicted octanol–water partition coefficient (Wildman–Crippen LogP) is 2.73. The van der Waals surface area contributed by atoms with Gasteiger partial charge in [0.1, 0.15) is 5.75 Å². The van der Waals surface area contributed by atoms with Crippen LogP contribution in [0.4, 0.5) is 11.4 Å². The highest BCUT2D eigenvalue weighted by molar-refractivity contribution is 5.55. The normalized spacial score (nSPS) is 11.9. The maximum atomic E-state index is 10.2. The van der Waals surface area contributed by atoms with Crippen LogP contribution >= 0.6 is 0 Å². The van der Waals surface area contributed by atoms with Crippen molar-refractivity contribution in [2.45, 2.75) is 13.0 Å². The Labute approximate surface area is 119 Å². The molecule has 4 heteroatoms. The van der Waals surface area contributed by atoms with Crippen LogP contribution in [0, 0.1) is 6.92 Å². The number of aliphatic hydroxyl groups excluding tert-OH is 1. The topological polar surface area (TPSA) is 67.5 Å². The molecule has 0 aliphatic heterocycles. The van der Waals surface area contributed by atoms with Gasteiger partial charge in [-0.15, -0.1) is 0 Å². The monoisotopic (exact) mass is 272 g/mol. The predicted molar refractivity (Wildman–Crippen MR) is 82.0 cm³/mol. The highest BCUT2D eigenvalue weighted by Crippen LogP contribution is 2.25. The minimum Gasteiger partial charge on any atom is -0.495 e. The lowest BCUT2D eigenvalue weighted by atomic mass is 10.1. The molecule has 4 N–H and O–H groups in total. The third-order valence-electron chi connectivity index (χ3n) is 3.19. The van der Waals surface area contributed by atoms with Crippen molar-refractivity contribution in [2.24, 2.45) is 0 Å². The Kier molecular flexibility index (Phi) is 4.48. The molecule has 2 rings (SSSR count). The summed E-state index contributed by atoms with van der Waals surface area (Å²) in [7, 11) is 1.57. The minimum absolute atomic E-state index is 0.425. The summed E-state index contributed by atoms with van der Waals surface area (Å²) >= 11 is 0. The Balaban J connectivity index is 1.99. The Hall–Kier alpha value is -2.20. The first-order chi connectivity index (χ1) is 9.60. The Morgan fingerprint density at radius 2 is 1.90 bits per heavy atom. The van der Waals surface area contributed by atoms with Gasteiger partial charge in [-0.2, -0.15) is 0 Å².